The molecular formula is C9H20NO2PS. The van der Waals surface area contributed by atoms with Crippen LogP contribution in [0.5, 0.6) is 0 Å². The zero-order valence-electron chi connectivity index (χ0n) is 9.19. The molecule has 0 aromatic heterocycles. The number of carboxylic acids is 1. The van der Waals surface area contributed by atoms with Gasteiger partial charge in [0.1, 0.15) is 0 Å². The summed E-state index contributed by atoms with van der Waals surface area (Å²) in [6, 6.07) is -1.31. The molecule has 0 atom stereocenters. The van der Waals surface area contributed by atoms with Gasteiger partial charge in [-0.1, -0.05) is 32.6 Å². The number of hydrogen-bond donors (Lipinski definition) is 1. The van der Waals surface area contributed by atoms with E-state index in [0.29, 0.717) is 0 Å². The lowest BCUT2D eigenvalue weighted by atomic mass is 10.5. The van der Waals surface area contributed by atoms with E-state index in [-0.39, 0.29) is 6.54 Å². The number of rotatable bonds is 7. The van der Waals surface area contributed by atoms with Crippen LogP contribution in [0.1, 0.15) is 20.8 Å². The quantitative estimate of drug-likeness (QED) is 0.686. The summed E-state index contributed by atoms with van der Waals surface area (Å²) in [5.41, 5.74) is 0. The number of carboxylic acid groups (broad SMARTS) is 1. The predicted molar refractivity (Wildman–Crippen MR) is 65.1 cm³/mol. The zero-order valence-corrected chi connectivity index (χ0v) is 10.9. The highest BCUT2D eigenvalue weighted by Gasteiger charge is 2.17. The molecule has 0 unspecified atom stereocenters. The first-order valence-electron chi connectivity index (χ1n) is 4.98. The first kappa shape index (κ1) is 14.1. The highest BCUT2D eigenvalue weighted by Crippen LogP contribution is 2.45. The van der Waals surface area contributed by atoms with Gasteiger partial charge in [0.05, 0.1) is 6.54 Å². The first-order valence-corrected chi connectivity index (χ1v) is 8.34. The molecule has 0 aliphatic carbocycles. The molecule has 0 amide bonds. The molecule has 0 bridgehead atoms. The van der Waals surface area contributed by atoms with E-state index in [0.717, 1.165) is 25.2 Å². The Kier molecular flexibility index (Phi) is 6.58. The third kappa shape index (κ3) is 5.08. The molecule has 0 aliphatic rings. The Hall–Kier alpha value is 0.0800. The molecule has 0 saturated carbocycles. The predicted octanol–water partition coefficient (Wildman–Crippen LogP) is 1.87. The number of nitrogens with zero attached hydrogens (tertiary/aromatic N) is 1. The van der Waals surface area contributed by atoms with Gasteiger partial charge in [-0.2, -0.15) is 0 Å². The first-order chi connectivity index (χ1) is 6.47. The van der Waals surface area contributed by atoms with E-state index >= 15 is 0 Å². The van der Waals surface area contributed by atoms with E-state index in [2.05, 4.69) is 13.8 Å². The van der Waals surface area contributed by atoms with E-state index in [1.54, 1.807) is 0 Å². The van der Waals surface area contributed by atoms with Crippen molar-refractivity contribution in [3.63, 3.8) is 0 Å². The number of likely N-dealkylation sites (N-methyl/N-ethyl adjacent to an activating group) is 1. The maximum absolute atomic E-state index is 10.6. The van der Waals surface area contributed by atoms with Gasteiger partial charge >= 0.3 is 5.97 Å². The second-order valence-corrected chi connectivity index (χ2v) is 9.36. The lowest BCUT2D eigenvalue weighted by Crippen LogP contribution is -2.31. The lowest BCUT2D eigenvalue weighted by molar-refractivity contribution is -0.138. The van der Waals surface area contributed by atoms with Crippen LogP contribution in [-0.2, 0) is 16.6 Å². The maximum Gasteiger partial charge on any atom is 0.317 e. The molecule has 0 aromatic carbocycles. The molecule has 0 radical (unpaired) electrons. The molecule has 0 spiro atoms. The van der Waals surface area contributed by atoms with Crippen LogP contribution in [0.25, 0.3) is 0 Å². The maximum atomic E-state index is 10.6. The molecule has 3 nitrogen and oxygen atoms in total. The minimum Gasteiger partial charge on any atom is -0.480 e. The Morgan fingerprint density at radius 3 is 2.14 bits per heavy atom. The van der Waals surface area contributed by atoms with Gasteiger partial charge < -0.3 is 5.11 Å². The van der Waals surface area contributed by atoms with Crippen LogP contribution in [0.3, 0.4) is 0 Å². The average molecular weight is 237 g/mol. The molecular weight excluding hydrogens is 217 g/mol. The molecule has 0 saturated heterocycles. The largest absolute Gasteiger partial charge is 0.480 e. The minimum absolute atomic E-state index is 0.120. The monoisotopic (exact) mass is 237 g/mol. The van der Waals surface area contributed by atoms with Gasteiger partial charge in [-0.05, 0) is 24.9 Å². The smallest absolute Gasteiger partial charge is 0.317 e. The highest BCUT2D eigenvalue weighted by atomic mass is 32.4. The molecule has 0 fully saturated rings. The van der Waals surface area contributed by atoms with Crippen LogP contribution in [0.2, 0.25) is 0 Å². The number of carbonyl (C=O) groups is 1. The fraction of sp³-hybridized carbons (Fsp3) is 0.889. The van der Waals surface area contributed by atoms with Gasteiger partial charge in [0, 0.05) is 6.29 Å². The minimum atomic E-state index is -1.31. The molecule has 5 heteroatoms. The Balaban J connectivity index is 4.29. The van der Waals surface area contributed by atoms with Crippen LogP contribution >= 0.6 is 6.04 Å². The third-order valence-electron chi connectivity index (χ3n) is 2.42. The van der Waals surface area contributed by atoms with Crippen molar-refractivity contribution >= 4 is 23.8 Å². The second-order valence-electron chi connectivity index (χ2n) is 3.37. The van der Waals surface area contributed by atoms with Crippen molar-refractivity contribution in [3.05, 3.63) is 0 Å². The van der Waals surface area contributed by atoms with Crippen LogP contribution < -0.4 is 0 Å². The van der Waals surface area contributed by atoms with Gasteiger partial charge in [-0.25, -0.2) is 0 Å². The van der Waals surface area contributed by atoms with Crippen molar-refractivity contribution in [2.24, 2.45) is 0 Å². The molecule has 84 valence electrons. The molecule has 0 aliphatic heterocycles. The molecule has 0 aromatic rings. The van der Waals surface area contributed by atoms with Gasteiger partial charge in [0.25, 0.3) is 0 Å². The van der Waals surface area contributed by atoms with E-state index in [4.69, 9.17) is 16.9 Å². The topological polar surface area (TPSA) is 40.5 Å². The fourth-order valence-corrected chi connectivity index (χ4v) is 3.61. The van der Waals surface area contributed by atoms with E-state index in [9.17, 15) is 4.79 Å². The van der Waals surface area contributed by atoms with E-state index in [1.807, 2.05) is 11.8 Å². The summed E-state index contributed by atoms with van der Waals surface area (Å²) in [7, 11) is 0. The van der Waals surface area contributed by atoms with Gasteiger partial charge in [-0.3, -0.25) is 9.69 Å². The van der Waals surface area contributed by atoms with Crippen molar-refractivity contribution in [2.75, 3.05) is 31.7 Å². The Morgan fingerprint density at radius 1 is 1.36 bits per heavy atom. The average Bonchev–Trinajstić information content (AvgIpc) is 2.16. The van der Waals surface area contributed by atoms with Crippen molar-refractivity contribution < 1.29 is 9.90 Å². The fourth-order valence-electron chi connectivity index (χ4n) is 1.24. The summed E-state index contributed by atoms with van der Waals surface area (Å²) < 4.78 is 0. The van der Waals surface area contributed by atoms with Crippen molar-refractivity contribution in [1.82, 2.24) is 4.90 Å². The summed E-state index contributed by atoms with van der Waals surface area (Å²) in [6.45, 7) is 7.09. The third-order valence-corrected chi connectivity index (χ3v) is 7.53. The zero-order chi connectivity index (χ0) is 11.2. The summed E-state index contributed by atoms with van der Waals surface area (Å²) >= 11 is 5.58. The van der Waals surface area contributed by atoms with Crippen molar-refractivity contribution in [2.45, 2.75) is 20.8 Å². The SMILES string of the molecule is CCN(CC(=O)O)CP(=S)(CC)CC. The van der Waals surface area contributed by atoms with E-state index in [1.165, 1.54) is 0 Å². The lowest BCUT2D eigenvalue weighted by Gasteiger charge is -2.26. The highest BCUT2D eigenvalue weighted by molar-refractivity contribution is 8.14. The summed E-state index contributed by atoms with van der Waals surface area (Å²) in [4.78, 5) is 12.5. The van der Waals surface area contributed by atoms with E-state index < -0.39 is 12.0 Å². The van der Waals surface area contributed by atoms with Crippen LogP contribution in [0.4, 0.5) is 0 Å². The summed E-state index contributed by atoms with van der Waals surface area (Å²) in [5.74, 6) is -0.763. The molecule has 1 N–H and O–H groups in total. The Bertz CT molecular complexity index is 225. The number of hydrogen-bond acceptors (Lipinski definition) is 3. The summed E-state index contributed by atoms with van der Waals surface area (Å²) in [6.07, 6.45) is 2.85. The Labute approximate surface area is 91.5 Å². The van der Waals surface area contributed by atoms with Crippen LogP contribution in [0.15, 0.2) is 0 Å². The van der Waals surface area contributed by atoms with Crippen LogP contribution in [-0.4, -0.2) is 47.7 Å². The van der Waals surface area contributed by atoms with Crippen LogP contribution in [0, 0.1) is 0 Å². The summed E-state index contributed by atoms with van der Waals surface area (Å²) in [5, 5.41) is 8.69. The normalized spacial score (nSPS) is 12.0. The van der Waals surface area contributed by atoms with Gasteiger partial charge in [-0.15, -0.1) is 0 Å². The van der Waals surface area contributed by atoms with Crippen molar-refractivity contribution in [3.8, 4) is 0 Å². The molecule has 0 rings (SSSR count). The Morgan fingerprint density at radius 2 is 1.86 bits per heavy atom. The van der Waals surface area contributed by atoms with Crippen molar-refractivity contribution in [1.29, 1.82) is 0 Å². The number of aliphatic carboxylic acids is 1. The van der Waals surface area contributed by atoms with Gasteiger partial charge in [0.15, 0.2) is 0 Å². The van der Waals surface area contributed by atoms with Gasteiger partial charge in [0.2, 0.25) is 0 Å². The molecule has 14 heavy (non-hydrogen) atoms. The standard InChI is InChI=1S/C9H20NO2PS/c1-4-10(7-9(11)12)8-13(14,5-2)6-3/h4-8H2,1-3H3,(H,11,12). The second kappa shape index (κ2) is 6.54. The molecule has 0 heterocycles.